The molecule has 14 nitrogen and oxygen atoms in total. The second-order valence-electron chi connectivity index (χ2n) is 13.4. The molecule has 3 aromatic rings. The van der Waals surface area contributed by atoms with Gasteiger partial charge in [-0.3, -0.25) is 19.2 Å². The van der Waals surface area contributed by atoms with E-state index in [2.05, 4.69) is 50.5 Å². The first-order valence-corrected chi connectivity index (χ1v) is 17.5. The average molecular weight is 682 g/mol. The van der Waals surface area contributed by atoms with Crippen LogP contribution in [0.15, 0.2) is 65.9 Å². The third kappa shape index (κ3) is 6.60. The van der Waals surface area contributed by atoms with Crippen molar-refractivity contribution < 1.29 is 14.3 Å². The molecule has 50 heavy (non-hydrogen) atoms. The maximum Gasteiger partial charge on any atom is 0.272 e. The van der Waals surface area contributed by atoms with Crippen LogP contribution in [0.3, 0.4) is 0 Å². The molecule has 3 aliphatic heterocycles. The molecule has 7 N–H and O–H groups in total. The van der Waals surface area contributed by atoms with E-state index < -0.39 is 0 Å². The highest BCUT2D eigenvalue weighted by Crippen LogP contribution is 2.49. The van der Waals surface area contributed by atoms with E-state index in [4.69, 9.17) is 26.3 Å². The van der Waals surface area contributed by atoms with Crippen molar-refractivity contribution >= 4 is 23.2 Å². The first-order valence-electron chi connectivity index (χ1n) is 17.5. The third-order valence-corrected chi connectivity index (χ3v) is 9.98. The van der Waals surface area contributed by atoms with Gasteiger partial charge in [0.15, 0.2) is 0 Å². The first kappa shape index (κ1) is 33.4. The molecule has 1 saturated carbocycles. The average Bonchev–Trinajstić information content (AvgIpc) is 3.84. The molecular weight excluding hydrogens is 634 g/mol. The molecule has 1 aromatic carbocycles. The number of ether oxygens (including phenoxy) is 1. The summed E-state index contributed by atoms with van der Waals surface area (Å²) in [5.74, 6) is 0.0201. The lowest BCUT2D eigenvalue weighted by Gasteiger charge is -2.43. The number of nitrogens with one attached hydrogen (secondary N) is 3. The van der Waals surface area contributed by atoms with Crippen molar-refractivity contribution in [2.45, 2.75) is 50.9 Å². The Balaban J connectivity index is 1.10. The lowest BCUT2D eigenvalue weighted by molar-refractivity contribution is -0.117. The minimum absolute atomic E-state index is 0.0403. The number of pyridine rings is 1. The Labute approximate surface area is 292 Å². The summed E-state index contributed by atoms with van der Waals surface area (Å²) in [6.45, 7) is 6.85. The number of amides is 2. The molecule has 3 fully saturated rings. The van der Waals surface area contributed by atoms with E-state index in [-0.39, 0.29) is 35.6 Å². The fourth-order valence-corrected chi connectivity index (χ4v) is 7.09. The zero-order valence-electron chi connectivity index (χ0n) is 29.0. The molecule has 2 amide bonds. The quantitative estimate of drug-likeness (QED) is 0.149. The van der Waals surface area contributed by atoms with Gasteiger partial charge in [-0.05, 0) is 37.5 Å². The zero-order chi connectivity index (χ0) is 34.9. The third-order valence-electron chi connectivity index (χ3n) is 9.98. The van der Waals surface area contributed by atoms with Gasteiger partial charge in [0, 0.05) is 70.1 Å². The molecule has 0 spiro atoms. The van der Waals surface area contributed by atoms with Gasteiger partial charge in [-0.2, -0.15) is 5.10 Å². The molecule has 14 heteroatoms. The lowest BCUT2D eigenvalue weighted by atomic mass is 9.91. The smallest absolute Gasteiger partial charge is 0.272 e. The van der Waals surface area contributed by atoms with Crippen LogP contribution < -0.4 is 32.3 Å². The number of allylic oxidation sites excluding steroid dienone is 1. The summed E-state index contributed by atoms with van der Waals surface area (Å²) in [6, 6.07) is 12.3. The van der Waals surface area contributed by atoms with Crippen molar-refractivity contribution in [3.8, 4) is 11.1 Å². The van der Waals surface area contributed by atoms with E-state index in [9.17, 15) is 9.59 Å². The predicted octanol–water partition coefficient (Wildman–Crippen LogP) is 2.26. The molecule has 0 bridgehead atoms. The molecular formula is C36H47N11O3. The molecule has 264 valence electrons. The van der Waals surface area contributed by atoms with Gasteiger partial charge in [0.25, 0.3) is 11.8 Å². The van der Waals surface area contributed by atoms with Gasteiger partial charge in [0.1, 0.15) is 11.4 Å². The number of likely N-dealkylation sites (tertiary alicyclic amines) is 1. The minimum Gasteiger partial charge on any atom is -0.393 e. The van der Waals surface area contributed by atoms with Crippen LogP contribution in [0, 0.1) is 0 Å². The van der Waals surface area contributed by atoms with Crippen LogP contribution in [-0.4, -0.2) is 95.9 Å². The number of fused-ring (bicyclic) bond motifs is 3. The van der Waals surface area contributed by atoms with Crippen molar-refractivity contribution in [1.29, 1.82) is 0 Å². The summed E-state index contributed by atoms with van der Waals surface area (Å²) in [4.78, 5) is 37.1. The predicted molar refractivity (Wildman–Crippen MR) is 192 cm³/mol. The largest absolute Gasteiger partial charge is 0.393 e. The number of hydrogen-bond acceptors (Lipinski definition) is 11. The number of morpholine rings is 1. The normalized spacial score (nSPS) is 20.0. The number of rotatable bonds is 11. The molecule has 2 aromatic heterocycles. The summed E-state index contributed by atoms with van der Waals surface area (Å²) < 4.78 is 7.60. The Hall–Kier alpha value is -5.08. The number of carbonyl (C=O) groups is 2. The van der Waals surface area contributed by atoms with E-state index in [0.29, 0.717) is 50.1 Å². The summed E-state index contributed by atoms with van der Waals surface area (Å²) in [6.07, 6.45) is 6.42. The first-order chi connectivity index (χ1) is 24.2. The number of nitrogens with two attached hydrogens (primary N) is 2. The summed E-state index contributed by atoms with van der Waals surface area (Å²) in [5, 5.41) is 14.3. The Morgan fingerprint density at radius 3 is 2.54 bits per heavy atom. The fraction of sp³-hybridized carbons (Fsp3) is 0.444. The standard InChI is InChI=1S/C36H47N11O3/c1-4-30-34-26(18-40-47(34)24-20-45(21-24)19-23-7-5-10-28(41-23)36(49)46-13-15-50-16-14-46)25-8-6-9-27(33(25)44(30)3)43-29(17-31(37)39-2)32(38)35(48)42-22-11-12-22/h5-10,17-18,22,24,30,39,43H,4,11-16,19-21,37-38H2,1-3H3,(H,42,48)/b31-17+,32-29+. The number of benzene rings is 1. The number of carbonyl (C=O) groups excluding carboxylic acids is 2. The molecule has 2 saturated heterocycles. The van der Waals surface area contributed by atoms with Crippen molar-refractivity contribution in [1.82, 2.24) is 35.2 Å². The summed E-state index contributed by atoms with van der Waals surface area (Å²) >= 11 is 0. The van der Waals surface area contributed by atoms with Gasteiger partial charge in [-0.25, -0.2) is 4.98 Å². The lowest BCUT2D eigenvalue weighted by Crippen LogP contribution is -2.48. The highest BCUT2D eigenvalue weighted by Gasteiger charge is 2.38. The number of para-hydroxylation sites is 1. The topological polar surface area (TPSA) is 172 Å². The van der Waals surface area contributed by atoms with Crippen molar-refractivity contribution in [2.24, 2.45) is 11.5 Å². The van der Waals surface area contributed by atoms with Crippen LogP contribution in [0.25, 0.3) is 11.1 Å². The van der Waals surface area contributed by atoms with Crippen LogP contribution in [-0.2, 0) is 16.1 Å². The molecule has 4 aliphatic rings. The number of aromatic nitrogens is 3. The Morgan fingerprint density at radius 2 is 1.82 bits per heavy atom. The molecule has 5 heterocycles. The molecule has 1 unspecified atom stereocenters. The van der Waals surface area contributed by atoms with E-state index in [1.54, 1.807) is 19.2 Å². The number of anilines is 2. The van der Waals surface area contributed by atoms with Gasteiger partial charge in [0.05, 0.1) is 65.8 Å². The monoisotopic (exact) mass is 681 g/mol. The van der Waals surface area contributed by atoms with Crippen LogP contribution in [0.5, 0.6) is 0 Å². The van der Waals surface area contributed by atoms with Gasteiger partial charge in [-0.15, -0.1) is 0 Å². The summed E-state index contributed by atoms with van der Waals surface area (Å²) in [7, 11) is 3.82. The second-order valence-corrected chi connectivity index (χ2v) is 13.4. The van der Waals surface area contributed by atoms with Crippen LogP contribution in [0.4, 0.5) is 11.4 Å². The molecule has 1 atom stereocenters. The van der Waals surface area contributed by atoms with Gasteiger partial charge in [0.2, 0.25) is 0 Å². The van der Waals surface area contributed by atoms with Gasteiger partial charge in [-0.1, -0.05) is 25.1 Å². The molecule has 1 aliphatic carbocycles. The van der Waals surface area contributed by atoms with Crippen molar-refractivity contribution in [3.05, 3.63) is 83.0 Å². The van der Waals surface area contributed by atoms with Gasteiger partial charge >= 0.3 is 0 Å². The highest BCUT2D eigenvalue weighted by molar-refractivity contribution is 5.96. The van der Waals surface area contributed by atoms with E-state index in [0.717, 1.165) is 60.5 Å². The SMILES string of the molecule is CCC1c2c(cnn2C2CN(Cc3cccc(C(=O)N4CCOCC4)n3)C2)-c2cccc(NC(/C=C(\N)NC)=C(/N)C(=O)NC3CC3)c2N1C. The van der Waals surface area contributed by atoms with E-state index in [1.165, 1.54) is 5.69 Å². The van der Waals surface area contributed by atoms with Crippen molar-refractivity contribution in [3.63, 3.8) is 0 Å². The van der Waals surface area contributed by atoms with E-state index in [1.807, 2.05) is 35.4 Å². The molecule has 7 rings (SSSR count). The minimum atomic E-state index is -0.317. The molecule has 0 radical (unpaired) electrons. The number of nitrogens with zero attached hydrogens (tertiary/aromatic N) is 6. The van der Waals surface area contributed by atoms with Crippen molar-refractivity contribution in [2.75, 3.05) is 63.7 Å². The Bertz CT molecular complexity index is 1820. The van der Waals surface area contributed by atoms with E-state index >= 15 is 0 Å². The Morgan fingerprint density at radius 1 is 1.06 bits per heavy atom. The maximum atomic E-state index is 13.0. The maximum absolute atomic E-state index is 13.0. The van der Waals surface area contributed by atoms with Gasteiger partial charge < -0.3 is 42.0 Å². The summed E-state index contributed by atoms with van der Waals surface area (Å²) in [5.41, 5.74) is 19.6. The zero-order valence-corrected chi connectivity index (χ0v) is 29.0. The number of hydrogen-bond donors (Lipinski definition) is 5. The van der Waals surface area contributed by atoms with Crippen LogP contribution in [0.1, 0.15) is 60.1 Å². The Kier molecular flexibility index (Phi) is 9.38. The van der Waals surface area contributed by atoms with Crippen LogP contribution >= 0.6 is 0 Å². The highest BCUT2D eigenvalue weighted by atomic mass is 16.5. The second kappa shape index (κ2) is 14.0. The van der Waals surface area contributed by atoms with Crippen LogP contribution in [0.2, 0.25) is 0 Å². The fourth-order valence-electron chi connectivity index (χ4n) is 7.09.